The van der Waals surface area contributed by atoms with Gasteiger partial charge in [-0.05, 0) is 42.9 Å². The molecule has 0 spiro atoms. The van der Waals surface area contributed by atoms with E-state index in [1.54, 1.807) is 6.07 Å². The molecule has 0 aromatic heterocycles. The van der Waals surface area contributed by atoms with Crippen LogP contribution in [0.4, 0.5) is 11.4 Å². The Kier molecular flexibility index (Phi) is 6.27. The topological polar surface area (TPSA) is 93.0 Å². The number of aryl methyl sites for hydroxylation is 1. The zero-order valence-corrected chi connectivity index (χ0v) is 18.4. The van der Waals surface area contributed by atoms with E-state index in [4.69, 9.17) is 4.74 Å². The van der Waals surface area contributed by atoms with Gasteiger partial charge in [-0.2, -0.15) is 4.31 Å². The van der Waals surface area contributed by atoms with Gasteiger partial charge in [0.15, 0.2) is 0 Å². The average Bonchev–Trinajstić information content (AvgIpc) is 2.80. The molecule has 4 rings (SSSR count). The number of morpholine rings is 1. The van der Waals surface area contributed by atoms with Gasteiger partial charge in [-0.1, -0.05) is 24.3 Å². The van der Waals surface area contributed by atoms with Crippen molar-refractivity contribution in [2.24, 2.45) is 0 Å². The Balaban J connectivity index is 1.63. The normalized spacial score (nSPS) is 18.8. The van der Waals surface area contributed by atoms with Gasteiger partial charge in [-0.15, -0.1) is 0 Å². The van der Waals surface area contributed by atoms with Crippen LogP contribution < -0.4 is 4.90 Å². The molecular weight excluding hydrogens is 418 g/mol. The molecule has 0 aliphatic carbocycles. The molecule has 0 bridgehead atoms. The van der Waals surface area contributed by atoms with Crippen molar-refractivity contribution in [3.8, 4) is 0 Å². The molecule has 0 atom stereocenters. The summed E-state index contributed by atoms with van der Waals surface area (Å²) in [4.78, 5) is 12.8. The maximum absolute atomic E-state index is 13.4. The summed E-state index contributed by atoms with van der Waals surface area (Å²) in [5.74, 6) is 0.426. The second kappa shape index (κ2) is 8.94. The van der Waals surface area contributed by atoms with Crippen molar-refractivity contribution in [3.05, 3.63) is 63.7 Å². The lowest BCUT2D eigenvalue weighted by molar-refractivity contribution is -0.385. The minimum Gasteiger partial charge on any atom is -0.379 e. The second-order valence-electron chi connectivity index (χ2n) is 8.04. The fourth-order valence-electron chi connectivity index (χ4n) is 4.49. The third kappa shape index (κ3) is 4.44. The summed E-state index contributed by atoms with van der Waals surface area (Å²) in [5, 5.41) is 11.3. The standard InChI is InChI=1S/C22H27N3O5S/c1-17-4-2-3-5-20(17)18-8-10-23(11-9-18)21-7-6-19(25(26)27)16-22(21)31(28,29)24-12-14-30-15-13-24/h2-7,16,18H,8-15H2,1H3. The van der Waals surface area contributed by atoms with Gasteiger partial charge in [0.1, 0.15) is 4.90 Å². The van der Waals surface area contributed by atoms with Gasteiger partial charge in [-0.25, -0.2) is 8.42 Å². The zero-order chi connectivity index (χ0) is 22.0. The highest BCUT2D eigenvalue weighted by Crippen LogP contribution is 2.37. The third-order valence-corrected chi connectivity index (χ3v) is 8.13. The largest absolute Gasteiger partial charge is 0.379 e. The van der Waals surface area contributed by atoms with Gasteiger partial charge in [0.2, 0.25) is 10.0 Å². The van der Waals surface area contributed by atoms with E-state index in [2.05, 4.69) is 25.1 Å². The molecule has 0 N–H and O–H groups in total. The van der Waals surface area contributed by atoms with E-state index in [1.165, 1.54) is 27.6 Å². The Hall–Kier alpha value is -2.49. The first-order valence-corrected chi connectivity index (χ1v) is 12.0. The number of non-ortho nitro benzene ring substituents is 1. The molecule has 0 radical (unpaired) electrons. The van der Waals surface area contributed by atoms with E-state index in [-0.39, 0.29) is 23.7 Å². The molecule has 2 saturated heterocycles. The monoisotopic (exact) mass is 445 g/mol. The number of ether oxygens (including phenoxy) is 1. The number of piperidine rings is 1. The SMILES string of the molecule is Cc1ccccc1C1CCN(c2ccc([N+](=O)[O-])cc2S(=O)(=O)N2CCOCC2)CC1. The van der Waals surface area contributed by atoms with Crippen molar-refractivity contribution in [3.63, 3.8) is 0 Å². The Bertz CT molecular complexity index is 1060. The van der Waals surface area contributed by atoms with Gasteiger partial charge in [0, 0.05) is 38.3 Å². The lowest BCUT2D eigenvalue weighted by Crippen LogP contribution is -2.41. The number of nitrogens with zero attached hydrogens (tertiary/aromatic N) is 3. The van der Waals surface area contributed by atoms with Gasteiger partial charge >= 0.3 is 0 Å². The Morgan fingerprint density at radius 3 is 2.35 bits per heavy atom. The predicted molar refractivity (Wildman–Crippen MR) is 118 cm³/mol. The first kappa shape index (κ1) is 21.7. The summed E-state index contributed by atoms with van der Waals surface area (Å²) >= 11 is 0. The van der Waals surface area contributed by atoms with Crippen LogP contribution in [0.1, 0.15) is 29.9 Å². The quantitative estimate of drug-likeness (QED) is 0.518. The maximum Gasteiger partial charge on any atom is 0.270 e. The van der Waals surface area contributed by atoms with Gasteiger partial charge in [0.05, 0.1) is 23.8 Å². The van der Waals surface area contributed by atoms with Gasteiger partial charge in [0.25, 0.3) is 5.69 Å². The highest BCUT2D eigenvalue weighted by Gasteiger charge is 2.33. The van der Waals surface area contributed by atoms with E-state index in [1.807, 2.05) is 11.0 Å². The average molecular weight is 446 g/mol. The summed E-state index contributed by atoms with van der Waals surface area (Å²) in [6.07, 6.45) is 1.80. The molecule has 166 valence electrons. The lowest BCUT2D eigenvalue weighted by Gasteiger charge is -2.36. The summed E-state index contributed by atoms with van der Waals surface area (Å²) < 4.78 is 33.4. The Labute approximate surface area is 182 Å². The number of nitro groups is 1. The zero-order valence-electron chi connectivity index (χ0n) is 17.6. The number of benzene rings is 2. The molecule has 0 saturated carbocycles. The lowest BCUT2D eigenvalue weighted by atomic mass is 9.87. The molecule has 0 amide bonds. The molecule has 2 fully saturated rings. The highest BCUT2D eigenvalue weighted by atomic mass is 32.2. The predicted octanol–water partition coefficient (Wildman–Crippen LogP) is 3.31. The van der Waals surface area contributed by atoms with Crippen LogP contribution in [0.2, 0.25) is 0 Å². The smallest absolute Gasteiger partial charge is 0.270 e. The van der Waals surface area contributed by atoms with Crippen LogP contribution in [0, 0.1) is 17.0 Å². The number of hydrogen-bond acceptors (Lipinski definition) is 6. The third-order valence-electron chi connectivity index (χ3n) is 6.21. The van der Waals surface area contributed by atoms with Crippen LogP contribution in [-0.4, -0.2) is 57.0 Å². The summed E-state index contributed by atoms with van der Waals surface area (Å²) in [6, 6.07) is 12.5. The van der Waals surface area contributed by atoms with Crippen molar-refractivity contribution in [1.82, 2.24) is 4.31 Å². The van der Waals surface area contributed by atoms with Gasteiger partial charge in [-0.3, -0.25) is 10.1 Å². The number of anilines is 1. The first-order chi connectivity index (χ1) is 14.9. The first-order valence-electron chi connectivity index (χ1n) is 10.5. The molecule has 2 aliphatic heterocycles. The Morgan fingerprint density at radius 1 is 1.03 bits per heavy atom. The summed E-state index contributed by atoms with van der Waals surface area (Å²) in [7, 11) is -3.86. The van der Waals surface area contributed by atoms with Gasteiger partial charge < -0.3 is 9.64 Å². The number of nitro benzene ring substituents is 1. The molecule has 0 unspecified atom stereocenters. The molecule has 31 heavy (non-hydrogen) atoms. The minimum absolute atomic E-state index is 0.0120. The van der Waals surface area contributed by atoms with E-state index >= 15 is 0 Å². The van der Waals surface area contributed by atoms with E-state index < -0.39 is 14.9 Å². The van der Waals surface area contributed by atoms with Crippen molar-refractivity contribution >= 4 is 21.4 Å². The fraction of sp³-hybridized carbons (Fsp3) is 0.455. The van der Waals surface area contributed by atoms with E-state index in [0.29, 0.717) is 37.9 Å². The summed E-state index contributed by atoms with van der Waals surface area (Å²) in [6.45, 7) is 4.66. The minimum atomic E-state index is -3.86. The van der Waals surface area contributed by atoms with Crippen molar-refractivity contribution < 1.29 is 18.1 Å². The number of rotatable bonds is 5. The molecule has 9 heteroatoms. The second-order valence-corrected chi connectivity index (χ2v) is 9.95. The van der Waals surface area contributed by atoms with Crippen LogP contribution in [-0.2, 0) is 14.8 Å². The molecule has 2 aromatic rings. The number of hydrogen-bond donors (Lipinski definition) is 0. The summed E-state index contributed by atoms with van der Waals surface area (Å²) in [5.41, 5.74) is 2.93. The van der Waals surface area contributed by atoms with Crippen LogP contribution in [0.25, 0.3) is 0 Å². The van der Waals surface area contributed by atoms with Crippen molar-refractivity contribution in [1.29, 1.82) is 0 Å². The van der Waals surface area contributed by atoms with Crippen LogP contribution >= 0.6 is 0 Å². The number of sulfonamides is 1. The van der Waals surface area contributed by atoms with E-state index in [9.17, 15) is 18.5 Å². The molecule has 8 nitrogen and oxygen atoms in total. The van der Waals surface area contributed by atoms with E-state index in [0.717, 1.165) is 12.8 Å². The molecule has 2 aliphatic rings. The highest BCUT2D eigenvalue weighted by molar-refractivity contribution is 7.89. The van der Waals surface area contributed by atoms with Crippen molar-refractivity contribution in [2.45, 2.75) is 30.6 Å². The Morgan fingerprint density at radius 2 is 1.71 bits per heavy atom. The van der Waals surface area contributed by atoms with Crippen LogP contribution in [0.3, 0.4) is 0 Å². The fourth-order valence-corrected chi connectivity index (χ4v) is 6.13. The van der Waals surface area contributed by atoms with Crippen LogP contribution in [0.5, 0.6) is 0 Å². The molecular formula is C22H27N3O5S. The molecule has 2 aromatic carbocycles. The van der Waals surface area contributed by atoms with Crippen LogP contribution in [0.15, 0.2) is 47.4 Å². The molecule has 2 heterocycles. The maximum atomic E-state index is 13.4. The van der Waals surface area contributed by atoms with Crippen molar-refractivity contribution in [2.75, 3.05) is 44.3 Å².